The molecule has 0 radical (unpaired) electrons. The van der Waals surface area contributed by atoms with Gasteiger partial charge < -0.3 is 0 Å². The van der Waals surface area contributed by atoms with Gasteiger partial charge in [0.15, 0.2) is 0 Å². The van der Waals surface area contributed by atoms with Crippen LogP contribution in [0.25, 0.3) is 0 Å². The van der Waals surface area contributed by atoms with E-state index in [0.29, 0.717) is 0 Å². The number of alkyl halides is 3. The molecule has 1 N–H and O–H groups in total. The minimum atomic E-state index is -4.33. The van der Waals surface area contributed by atoms with E-state index in [-0.39, 0.29) is 11.6 Å². The predicted molar refractivity (Wildman–Crippen MR) is 73.2 cm³/mol. The zero-order valence-electron chi connectivity index (χ0n) is 11.1. The molecule has 0 bridgehead atoms. The molecule has 2 aromatic rings. The Morgan fingerprint density at radius 2 is 1.25 bits per heavy atom. The van der Waals surface area contributed by atoms with Crippen LogP contribution in [0.4, 0.5) is 13.2 Å². The maximum absolute atomic E-state index is 13.2. The average molecular weight is 279 g/mol. The molecule has 2 atom stereocenters. The van der Waals surface area contributed by atoms with Crippen LogP contribution in [-0.2, 0) is 0 Å². The molecule has 0 saturated heterocycles. The van der Waals surface area contributed by atoms with Crippen molar-refractivity contribution in [2.24, 2.45) is 0 Å². The van der Waals surface area contributed by atoms with Gasteiger partial charge in [0.1, 0.15) is 6.04 Å². The van der Waals surface area contributed by atoms with Crippen molar-refractivity contribution in [2.75, 3.05) is 0 Å². The molecule has 106 valence electrons. The second-order valence-electron chi connectivity index (χ2n) is 4.68. The minimum Gasteiger partial charge on any atom is -0.296 e. The van der Waals surface area contributed by atoms with Crippen LogP contribution < -0.4 is 5.32 Å². The summed E-state index contributed by atoms with van der Waals surface area (Å²) >= 11 is 0. The SMILES string of the molecule is CC(NC(c1ccccc1)C(F)(F)F)c1ccccc1. The smallest absolute Gasteiger partial charge is 0.296 e. The van der Waals surface area contributed by atoms with Crippen LogP contribution in [0.2, 0.25) is 0 Å². The lowest BCUT2D eigenvalue weighted by atomic mass is 10.0. The quantitative estimate of drug-likeness (QED) is 0.859. The van der Waals surface area contributed by atoms with Crippen LogP contribution in [0.5, 0.6) is 0 Å². The van der Waals surface area contributed by atoms with Gasteiger partial charge in [-0.15, -0.1) is 0 Å². The Kier molecular flexibility index (Phi) is 4.45. The van der Waals surface area contributed by atoms with Gasteiger partial charge in [-0.1, -0.05) is 60.7 Å². The molecule has 0 aromatic heterocycles. The Morgan fingerprint density at radius 3 is 1.70 bits per heavy atom. The van der Waals surface area contributed by atoms with Gasteiger partial charge in [-0.05, 0) is 18.1 Å². The number of hydrogen-bond donors (Lipinski definition) is 1. The summed E-state index contributed by atoms with van der Waals surface area (Å²) in [5.41, 5.74) is 1.06. The highest BCUT2D eigenvalue weighted by Gasteiger charge is 2.41. The summed E-state index contributed by atoms with van der Waals surface area (Å²) in [5, 5.41) is 2.66. The van der Waals surface area contributed by atoms with E-state index in [1.54, 1.807) is 25.1 Å². The van der Waals surface area contributed by atoms with E-state index in [9.17, 15) is 13.2 Å². The molecule has 2 rings (SSSR count). The summed E-state index contributed by atoms with van der Waals surface area (Å²) in [6.07, 6.45) is -4.33. The van der Waals surface area contributed by atoms with E-state index in [1.807, 2.05) is 30.3 Å². The molecule has 4 heteroatoms. The molecule has 20 heavy (non-hydrogen) atoms. The van der Waals surface area contributed by atoms with Gasteiger partial charge in [-0.2, -0.15) is 13.2 Å². The third-order valence-electron chi connectivity index (χ3n) is 3.18. The summed E-state index contributed by atoms with van der Waals surface area (Å²) in [6, 6.07) is 15.0. The molecule has 1 nitrogen and oxygen atoms in total. The molecule has 0 saturated carbocycles. The highest BCUT2D eigenvalue weighted by Crippen LogP contribution is 2.34. The van der Waals surface area contributed by atoms with E-state index in [0.717, 1.165) is 5.56 Å². The van der Waals surface area contributed by atoms with E-state index in [2.05, 4.69) is 5.32 Å². The summed E-state index contributed by atoms with van der Waals surface area (Å²) in [6.45, 7) is 1.73. The fourth-order valence-corrected chi connectivity index (χ4v) is 2.11. The van der Waals surface area contributed by atoms with Gasteiger partial charge >= 0.3 is 6.18 Å². The number of halogens is 3. The Balaban J connectivity index is 2.22. The lowest BCUT2D eigenvalue weighted by Crippen LogP contribution is -2.35. The third kappa shape index (κ3) is 3.61. The molecular formula is C16H16F3N. The second-order valence-corrected chi connectivity index (χ2v) is 4.68. The number of rotatable bonds is 4. The largest absolute Gasteiger partial charge is 0.407 e. The summed E-state index contributed by atoms with van der Waals surface area (Å²) in [4.78, 5) is 0. The molecule has 0 aliphatic heterocycles. The summed E-state index contributed by atoms with van der Waals surface area (Å²) in [7, 11) is 0. The van der Waals surface area contributed by atoms with Crippen molar-refractivity contribution < 1.29 is 13.2 Å². The Hall–Kier alpha value is -1.81. The molecule has 0 heterocycles. The van der Waals surface area contributed by atoms with Crippen molar-refractivity contribution in [3.8, 4) is 0 Å². The van der Waals surface area contributed by atoms with Crippen molar-refractivity contribution in [3.05, 3.63) is 71.8 Å². The van der Waals surface area contributed by atoms with Gasteiger partial charge in [-0.3, -0.25) is 5.32 Å². The van der Waals surface area contributed by atoms with Crippen LogP contribution >= 0.6 is 0 Å². The Labute approximate surface area is 116 Å². The molecule has 2 unspecified atom stereocenters. The topological polar surface area (TPSA) is 12.0 Å². The highest BCUT2D eigenvalue weighted by atomic mass is 19.4. The molecule has 0 fully saturated rings. The lowest BCUT2D eigenvalue weighted by molar-refractivity contribution is -0.159. The van der Waals surface area contributed by atoms with Gasteiger partial charge in [-0.25, -0.2) is 0 Å². The first-order chi connectivity index (χ1) is 9.48. The Morgan fingerprint density at radius 1 is 0.800 bits per heavy atom. The monoisotopic (exact) mass is 279 g/mol. The first kappa shape index (κ1) is 14.6. The fraction of sp³-hybridized carbons (Fsp3) is 0.250. The van der Waals surface area contributed by atoms with Crippen LogP contribution in [0.15, 0.2) is 60.7 Å². The maximum Gasteiger partial charge on any atom is 0.407 e. The maximum atomic E-state index is 13.2. The lowest BCUT2D eigenvalue weighted by Gasteiger charge is -2.26. The molecule has 0 spiro atoms. The second kappa shape index (κ2) is 6.09. The summed E-state index contributed by atoms with van der Waals surface area (Å²) < 4.78 is 39.7. The first-order valence-electron chi connectivity index (χ1n) is 6.41. The van der Waals surface area contributed by atoms with E-state index >= 15 is 0 Å². The van der Waals surface area contributed by atoms with Crippen molar-refractivity contribution >= 4 is 0 Å². The summed E-state index contributed by atoms with van der Waals surface area (Å²) in [5.74, 6) is 0. The number of nitrogens with one attached hydrogen (secondary N) is 1. The van der Waals surface area contributed by atoms with Crippen molar-refractivity contribution in [1.29, 1.82) is 0 Å². The van der Waals surface area contributed by atoms with Gasteiger partial charge in [0, 0.05) is 6.04 Å². The van der Waals surface area contributed by atoms with Crippen LogP contribution in [0, 0.1) is 0 Å². The zero-order chi connectivity index (χ0) is 14.6. The normalized spacial score (nSPS) is 14.8. The molecule has 2 aromatic carbocycles. The Bertz CT molecular complexity index is 522. The molecule has 0 amide bonds. The minimum absolute atomic E-state index is 0.225. The van der Waals surface area contributed by atoms with Crippen LogP contribution in [0.1, 0.15) is 30.1 Å². The first-order valence-corrected chi connectivity index (χ1v) is 6.41. The van der Waals surface area contributed by atoms with Crippen LogP contribution in [-0.4, -0.2) is 6.18 Å². The van der Waals surface area contributed by atoms with Crippen LogP contribution in [0.3, 0.4) is 0 Å². The van der Waals surface area contributed by atoms with Crippen molar-refractivity contribution in [2.45, 2.75) is 25.2 Å². The number of benzene rings is 2. The molecule has 0 aliphatic rings. The molecular weight excluding hydrogens is 263 g/mol. The zero-order valence-corrected chi connectivity index (χ0v) is 11.1. The van der Waals surface area contributed by atoms with Gasteiger partial charge in [0.2, 0.25) is 0 Å². The third-order valence-corrected chi connectivity index (χ3v) is 3.18. The standard InChI is InChI=1S/C16H16F3N/c1-12(13-8-4-2-5-9-13)20-15(16(17,18)19)14-10-6-3-7-11-14/h2-12,15,20H,1H3. The highest BCUT2D eigenvalue weighted by molar-refractivity contribution is 5.23. The van der Waals surface area contributed by atoms with Crippen molar-refractivity contribution in [1.82, 2.24) is 5.32 Å². The van der Waals surface area contributed by atoms with E-state index in [4.69, 9.17) is 0 Å². The average Bonchev–Trinajstić information content (AvgIpc) is 2.45. The van der Waals surface area contributed by atoms with E-state index in [1.165, 1.54) is 12.1 Å². The molecule has 0 aliphatic carbocycles. The predicted octanol–water partition coefficient (Wildman–Crippen LogP) is 4.64. The van der Waals surface area contributed by atoms with Gasteiger partial charge in [0.05, 0.1) is 0 Å². The van der Waals surface area contributed by atoms with E-state index < -0.39 is 12.2 Å². The van der Waals surface area contributed by atoms with Crippen molar-refractivity contribution in [3.63, 3.8) is 0 Å². The van der Waals surface area contributed by atoms with Gasteiger partial charge in [0.25, 0.3) is 0 Å². The number of hydrogen-bond acceptors (Lipinski definition) is 1. The fourth-order valence-electron chi connectivity index (χ4n) is 2.11.